The summed E-state index contributed by atoms with van der Waals surface area (Å²) in [5.74, 6) is -0.281. The first kappa shape index (κ1) is 9.79. The Hall–Kier alpha value is -1.75. The largest absolute Gasteiger partial charge is 0.390 e. The fourth-order valence-electron chi connectivity index (χ4n) is 1.32. The van der Waals surface area contributed by atoms with Gasteiger partial charge in [0.15, 0.2) is 0 Å². The Morgan fingerprint density at radius 1 is 1.33 bits per heavy atom. The van der Waals surface area contributed by atoms with Crippen molar-refractivity contribution in [3.8, 4) is 0 Å². The van der Waals surface area contributed by atoms with E-state index in [0.29, 0.717) is 11.3 Å². The SMILES string of the molecule is OCc1cnnn1Cc1ccccc1F. The van der Waals surface area contributed by atoms with Gasteiger partial charge in [0.2, 0.25) is 0 Å². The molecule has 1 aromatic heterocycles. The van der Waals surface area contributed by atoms with E-state index in [1.165, 1.54) is 16.9 Å². The van der Waals surface area contributed by atoms with E-state index in [4.69, 9.17) is 5.11 Å². The summed E-state index contributed by atoms with van der Waals surface area (Å²) in [6.45, 7) is 0.129. The Morgan fingerprint density at radius 3 is 2.87 bits per heavy atom. The van der Waals surface area contributed by atoms with Gasteiger partial charge in [0.25, 0.3) is 0 Å². The van der Waals surface area contributed by atoms with Crippen LogP contribution in [0, 0.1) is 5.82 Å². The second kappa shape index (κ2) is 4.18. The van der Waals surface area contributed by atoms with Crippen LogP contribution in [0.5, 0.6) is 0 Å². The number of aromatic nitrogens is 3. The van der Waals surface area contributed by atoms with Crippen LogP contribution in [0.1, 0.15) is 11.3 Å². The van der Waals surface area contributed by atoms with Crippen molar-refractivity contribution in [1.29, 1.82) is 0 Å². The zero-order valence-corrected chi connectivity index (χ0v) is 7.97. The monoisotopic (exact) mass is 207 g/mol. The van der Waals surface area contributed by atoms with Gasteiger partial charge in [-0.1, -0.05) is 23.4 Å². The minimum absolute atomic E-state index is 0.151. The van der Waals surface area contributed by atoms with E-state index < -0.39 is 0 Å². The average Bonchev–Trinajstić information content (AvgIpc) is 2.69. The van der Waals surface area contributed by atoms with Gasteiger partial charge < -0.3 is 5.11 Å². The molecule has 0 aliphatic carbocycles. The second-order valence-electron chi connectivity index (χ2n) is 3.13. The fraction of sp³-hybridized carbons (Fsp3) is 0.200. The topological polar surface area (TPSA) is 50.9 Å². The number of aliphatic hydroxyl groups excluding tert-OH is 1. The Bertz CT molecular complexity index is 455. The van der Waals surface area contributed by atoms with Gasteiger partial charge in [-0.25, -0.2) is 9.07 Å². The molecule has 0 saturated carbocycles. The molecule has 0 saturated heterocycles. The van der Waals surface area contributed by atoms with Gasteiger partial charge in [0.1, 0.15) is 5.82 Å². The van der Waals surface area contributed by atoms with E-state index in [1.54, 1.807) is 18.2 Å². The first-order valence-electron chi connectivity index (χ1n) is 4.53. The highest BCUT2D eigenvalue weighted by molar-refractivity contribution is 5.17. The average molecular weight is 207 g/mol. The van der Waals surface area contributed by atoms with E-state index in [1.807, 2.05) is 0 Å². The van der Waals surface area contributed by atoms with Gasteiger partial charge in [-0.15, -0.1) is 5.10 Å². The van der Waals surface area contributed by atoms with Crippen molar-refractivity contribution in [3.05, 3.63) is 47.5 Å². The van der Waals surface area contributed by atoms with Crippen LogP contribution in [0.2, 0.25) is 0 Å². The molecule has 15 heavy (non-hydrogen) atoms. The predicted molar refractivity (Wildman–Crippen MR) is 51.4 cm³/mol. The molecule has 2 aromatic rings. The molecule has 1 heterocycles. The molecule has 0 aliphatic rings. The van der Waals surface area contributed by atoms with Crippen molar-refractivity contribution in [2.24, 2.45) is 0 Å². The van der Waals surface area contributed by atoms with Crippen LogP contribution >= 0.6 is 0 Å². The molecule has 0 spiro atoms. The normalized spacial score (nSPS) is 10.5. The van der Waals surface area contributed by atoms with Crippen LogP contribution in [0.25, 0.3) is 0 Å². The van der Waals surface area contributed by atoms with Crippen molar-refractivity contribution in [3.63, 3.8) is 0 Å². The lowest BCUT2D eigenvalue weighted by Gasteiger charge is -2.04. The molecule has 2 rings (SSSR count). The molecule has 0 bridgehead atoms. The Morgan fingerprint density at radius 2 is 2.13 bits per heavy atom. The minimum Gasteiger partial charge on any atom is -0.390 e. The summed E-state index contributed by atoms with van der Waals surface area (Å²) in [5.41, 5.74) is 1.09. The third kappa shape index (κ3) is 2.02. The highest BCUT2D eigenvalue weighted by Gasteiger charge is 2.06. The van der Waals surface area contributed by atoms with E-state index in [-0.39, 0.29) is 19.0 Å². The van der Waals surface area contributed by atoms with E-state index in [0.717, 1.165) is 0 Å². The molecular weight excluding hydrogens is 197 g/mol. The lowest BCUT2D eigenvalue weighted by molar-refractivity contribution is 0.269. The maximum atomic E-state index is 13.3. The second-order valence-corrected chi connectivity index (χ2v) is 3.13. The number of rotatable bonds is 3. The van der Waals surface area contributed by atoms with Gasteiger partial charge in [-0.2, -0.15) is 0 Å². The van der Waals surface area contributed by atoms with Gasteiger partial charge in [-0.05, 0) is 6.07 Å². The van der Waals surface area contributed by atoms with Crippen LogP contribution in [0.3, 0.4) is 0 Å². The third-order valence-corrected chi connectivity index (χ3v) is 2.14. The number of benzene rings is 1. The van der Waals surface area contributed by atoms with Crippen molar-refractivity contribution < 1.29 is 9.50 Å². The van der Waals surface area contributed by atoms with Crippen LogP contribution in [-0.4, -0.2) is 20.1 Å². The summed E-state index contributed by atoms with van der Waals surface area (Å²) in [7, 11) is 0. The minimum atomic E-state index is -0.281. The summed E-state index contributed by atoms with van der Waals surface area (Å²) < 4.78 is 14.8. The van der Waals surface area contributed by atoms with Gasteiger partial charge in [-0.3, -0.25) is 0 Å². The van der Waals surface area contributed by atoms with E-state index in [9.17, 15) is 4.39 Å². The molecule has 0 fully saturated rings. The summed E-state index contributed by atoms with van der Waals surface area (Å²) >= 11 is 0. The van der Waals surface area contributed by atoms with Gasteiger partial charge in [0.05, 0.1) is 25.0 Å². The number of hydrogen-bond acceptors (Lipinski definition) is 3. The molecule has 0 radical (unpaired) electrons. The zero-order chi connectivity index (χ0) is 10.7. The number of halogens is 1. The molecule has 0 aliphatic heterocycles. The summed E-state index contributed by atoms with van der Waals surface area (Å²) in [4.78, 5) is 0. The zero-order valence-electron chi connectivity index (χ0n) is 7.97. The lowest BCUT2D eigenvalue weighted by Crippen LogP contribution is -2.07. The van der Waals surface area contributed by atoms with Crippen LogP contribution in [0.15, 0.2) is 30.5 Å². The number of aliphatic hydroxyl groups is 1. The van der Waals surface area contributed by atoms with Crippen molar-refractivity contribution >= 4 is 0 Å². The maximum absolute atomic E-state index is 13.3. The molecule has 0 unspecified atom stereocenters. The van der Waals surface area contributed by atoms with Crippen molar-refractivity contribution in [1.82, 2.24) is 15.0 Å². The quantitative estimate of drug-likeness (QED) is 0.815. The van der Waals surface area contributed by atoms with E-state index in [2.05, 4.69) is 10.3 Å². The highest BCUT2D eigenvalue weighted by Crippen LogP contribution is 2.09. The Labute approximate surface area is 86.0 Å². The first-order valence-corrected chi connectivity index (χ1v) is 4.53. The summed E-state index contributed by atoms with van der Waals surface area (Å²) in [5, 5.41) is 16.4. The molecule has 0 amide bonds. The smallest absolute Gasteiger partial charge is 0.128 e. The Balaban J connectivity index is 2.26. The standard InChI is InChI=1S/C10H10FN3O/c11-10-4-2-1-3-8(10)6-14-9(7-15)5-12-13-14/h1-5,15H,6-7H2. The molecule has 1 N–H and O–H groups in total. The third-order valence-electron chi connectivity index (χ3n) is 2.14. The van der Waals surface area contributed by atoms with Gasteiger partial charge in [0, 0.05) is 5.56 Å². The summed E-state index contributed by atoms with van der Waals surface area (Å²) in [6.07, 6.45) is 1.46. The molecule has 4 nitrogen and oxygen atoms in total. The predicted octanol–water partition coefficient (Wildman–Crippen LogP) is 0.958. The molecule has 5 heteroatoms. The first-order chi connectivity index (χ1) is 7.31. The number of nitrogens with zero attached hydrogens (tertiary/aromatic N) is 3. The molecule has 1 aromatic carbocycles. The van der Waals surface area contributed by atoms with Crippen LogP contribution < -0.4 is 0 Å². The fourth-order valence-corrected chi connectivity index (χ4v) is 1.32. The number of hydrogen-bond donors (Lipinski definition) is 1. The molecular formula is C10H10FN3O. The summed E-state index contributed by atoms with van der Waals surface area (Å²) in [6, 6.07) is 6.46. The molecule has 0 atom stereocenters. The van der Waals surface area contributed by atoms with Crippen molar-refractivity contribution in [2.45, 2.75) is 13.2 Å². The van der Waals surface area contributed by atoms with Crippen LogP contribution in [0.4, 0.5) is 4.39 Å². The van der Waals surface area contributed by atoms with Gasteiger partial charge >= 0.3 is 0 Å². The highest BCUT2D eigenvalue weighted by atomic mass is 19.1. The maximum Gasteiger partial charge on any atom is 0.128 e. The lowest BCUT2D eigenvalue weighted by atomic mass is 10.2. The van der Waals surface area contributed by atoms with E-state index >= 15 is 0 Å². The van der Waals surface area contributed by atoms with Crippen molar-refractivity contribution in [2.75, 3.05) is 0 Å². The Kier molecular flexibility index (Phi) is 2.73. The van der Waals surface area contributed by atoms with Crippen LogP contribution in [-0.2, 0) is 13.2 Å². The molecule has 78 valence electrons.